The molecule has 0 unspecified atom stereocenters. The van der Waals surface area contributed by atoms with Crippen molar-refractivity contribution in [2.75, 3.05) is 32.7 Å². The molecule has 0 radical (unpaired) electrons. The quantitative estimate of drug-likeness (QED) is 0.859. The molecule has 4 rings (SSSR count). The summed E-state index contributed by atoms with van der Waals surface area (Å²) in [6.45, 7) is 6.53. The highest BCUT2D eigenvalue weighted by Gasteiger charge is 2.22. The van der Waals surface area contributed by atoms with E-state index >= 15 is 0 Å². The number of aromatic nitrogens is 2. The van der Waals surface area contributed by atoms with E-state index in [4.69, 9.17) is 16.6 Å². The van der Waals surface area contributed by atoms with Crippen LogP contribution in [-0.2, 0) is 6.54 Å². The van der Waals surface area contributed by atoms with Crippen molar-refractivity contribution in [3.05, 3.63) is 41.1 Å². The Morgan fingerprint density at radius 2 is 1.92 bits per heavy atom. The van der Waals surface area contributed by atoms with Crippen LogP contribution in [0.15, 0.2) is 24.4 Å². The maximum atomic E-state index is 13.5. The van der Waals surface area contributed by atoms with Gasteiger partial charge in [-0.15, -0.1) is 0 Å². The molecule has 0 bridgehead atoms. The zero-order valence-corrected chi connectivity index (χ0v) is 15.8. The van der Waals surface area contributed by atoms with Crippen LogP contribution in [-0.4, -0.2) is 47.2 Å². The lowest BCUT2D eigenvalue weighted by Gasteiger charge is -2.24. The molecule has 0 aliphatic carbocycles. The molecule has 2 aliphatic rings. The molecule has 1 aromatic carbocycles. The van der Waals surface area contributed by atoms with Gasteiger partial charge in [0, 0.05) is 30.8 Å². The maximum absolute atomic E-state index is 13.5. The Morgan fingerprint density at radius 1 is 1.15 bits per heavy atom. The molecule has 140 valence electrons. The van der Waals surface area contributed by atoms with Gasteiger partial charge in [0.25, 0.3) is 0 Å². The number of hydrogen-bond acceptors (Lipinski definition) is 3. The van der Waals surface area contributed by atoms with Gasteiger partial charge in [0.15, 0.2) is 0 Å². The molecule has 1 N–H and O–H groups in total. The van der Waals surface area contributed by atoms with Gasteiger partial charge in [-0.3, -0.25) is 0 Å². The molecule has 2 fully saturated rings. The minimum Gasteiger partial charge on any atom is -0.333 e. The van der Waals surface area contributed by atoms with E-state index in [1.807, 2.05) is 0 Å². The molecule has 6 heteroatoms. The molecule has 0 amide bonds. The standard InChI is InChI=1S/C20H26ClFN4/c21-17-13-16(3-4-18(17)22)19-14-26(12-11-25-9-1-2-10-25)20(24-19)15-5-7-23-8-6-15/h3-4,13-15,23H,1-2,5-12H2. The van der Waals surface area contributed by atoms with Crippen molar-refractivity contribution in [3.8, 4) is 11.3 Å². The molecule has 2 aliphatic heterocycles. The second-order valence-corrected chi connectivity index (χ2v) is 7.79. The fourth-order valence-corrected chi connectivity index (χ4v) is 4.25. The first-order valence-electron chi connectivity index (χ1n) is 9.66. The Kier molecular flexibility index (Phi) is 5.57. The van der Waals surface area contributed by atoms with Crippen molar-refractivity contribution < 1.29 is 4.39 Å². The second kappa shape index (κ2) is 8.07. The number of benzene rings is 1. The van der Waals surface area contributed by atoms with Crippen molar-refractivity contribution in [2.45, 2.75) is 38.1 Å². The molecule has 4 nitrogen and oxygen atoms in total. The average molecular weight is 377 g/mol. The third-order valence-corrected chi connectivity index (χ3v) is 5.87. The number of rotatable bonds is 5. The van der Waals surface area contributed by atoms with Gasteiger partial charge < -0.3 is 14.8 Å². The highest BCUT2D eigenvalue weighted by molar-refractivity contribution is 6.31. The number of nitrogens with zero attached hydrogens (tertiary/aromatic N) is 3. The van der Waals surface area contributed by atoms with Crippen LogP contribution in [0.1, 0.15) is 37.4 Å². The second-order valence-electron chi connectivity index (χ2n) is 7.38. The van der Waals surface area contributed by atoms with E-state index in [1.165, 1.54) is 37.8 Å². The summed E-state index contributed by atoms with van der Waals surface area (Å²) in [5.74, 6) is 1.27. The van der Waals surface area contributed by atoms with Crippen LogP contribution in [0.5, 0.6) is 0 Å². The van der Waals surface area contributed by atoms with Crippen molar-refractivity contribution in [1.82, 2.24) is 19.8 Å². The van der Waals surface area contributed by atoms with Gasteiger partial charge in [-0.1, -0.05) is 11.6 Å². The Hall–Kier alpha value is -1.43. The predicted molar refractivity (Wildman–Crippen MR) is 103 cm³/mol. The van der Waals surface area contributed by atoms with Gasteiger partial charge in [-0.25, -0.2) is 9.37 Å². The highest BCUT2D eigenvalue weighted by atomic mass is 35.5. The van der Waals surface area contributed by atoms with Gasteiger partial charge in [0.05, 0.1) is 10.7 Å². The SMILES string of the molecule is Fc1ccc(-c2cn(CCN3CCCC3)c(C3CCNCC3)n2)cc1Cl. The van der Waals surface area contributed by atoms with E-state index in [-0.39, 0.29) is 10.8 Å². The summed E-state index contributed by atoms with van der Waals surface area (Å²) < 4.78 is 15.8. The van der Waals surface area contributed by atoms with Crippen molar-refractivity contribution >= 4 is 11.6 Å². The predicted octanol–water partition coefficient (Wildman–Crippen LogP) is 3.91. The van der Waals surface area contributed by atoms with Crippen LogP contribution >= 0.6 is 11.6 Å². The molecule has 26 heavy (non-hydrogen) atoms. The lowest BCUT2D eigenvalue weighted by Crippen LogP contribution is -2.29. The van der Waals surface area contributed by atoms with Crippen LogP contribution in [0.4, 0.5) is 4.39 Å². The first-order chi connectivity index (χ1) is 12.7. The smallest absolute Gasteiger partial charge is 0.141 e. The summed E-state index contributed by atoms with van der Waals surface area (Å²) in [5, 5.41) is 3.58. The molecule has 0 atom stereocenters. The third-order valence-electron chi connectivity index (χ3n) is 5.58. The summed E-state index contributed by atoms with van der Waals surface area (Å²) in [4.78, 5) is 7.48. The first kappa shape index (κ1) is 18.0. The Morgan fingerprint density at radius 3 is 2.65 bits per heavy atom. The Balaban J connectivity index is 1.60. The summed E-state index contributed by atoms with van der Waals surface area (Å²) in [6, 6.07) is 4.86. The van der Waals surface area contributed by atoms with E-state index in [0.29, 0.717) is 5.92 Å². The molecular weight excluding hydrogens is 351 g/mol. The summed E-state index contributed by atoms with van der Waals surface area (Å²) >= 11 is 5.98. The average Bonchev–Trinajstić information content (AvgIpc) is 3.32. The largest absolute Gasteiger partial charge is 0.333 e. The number of piperidine rings is 1. The topological polar surface area (TPSA) is 33.1 Å². The van der Waals surface area contributed by atoms with Crippen LogP contribution in [0, 0.1) is 5.82 Å². The van der Waals surface area contributed by atoms with Crippen LogP contribution in [0.3, 0.4) is 0 Å². The fraction of sp³-hybridized carbons (Fsp3) is 0.550. The molecule has 3 heterocycles. The van der Waals surface area contributed by atoms with E-state index in [2.05, 4.69) is 21.0 Å². The van der Waals surface area contributed by atoms with Crippen LogP contribution in [0.2, 0.25) is 5.02 Å². The maximum Gasteiger partial charge on any atom is 0.141 e. The van der Waals surface area contributed by atoms with Gasteiger partial charge in [0.2, 0.25) is 0 Å². The van der Waals surface area contributed by atoms with E-state index in [9.17, 15) is 4.39 Å². The van der Waals surface area contributed by atoms with Gasteiger partial charge >= 0.3 is 0 Å². The molecular formula is C20H26ClFN4. The molecule has 1 aromatic heterocycles. The van der Waals surface area contributed by atoms with Crippen molar-refractivity contribution in [1.29, 1.82) is 0 Å². The zero-order chi connectivity index (χ0) is 17.9. The molecule has 2 aromatic rings. The number of hydrogen-bond donors (Lipinski definition) is 1. The van der Waals surface area contributed by atoms with E-state index < -0.39 is 0 Å². The zero-order valence-electron chi connectivity index (χ0n) is 15.1. The minimum absolute atomic E-state index is 0.150. The fourth-order valence-electron chi connectivity index (χ4n) is 4.07. The summed E-state index contributed by atoms with van der Waals surface area (Å²) in [7, 11) is 0. The summed E-state index contributed by atoms with van der Waals surface area (Å²) in [5.41, 5.74) is 1.77. The third kappa shape index (κ3) is 3.95. The summed E-state index contributed by atoms with van der Waals surface area (Å²) in [6.07, 6.45) is 6.97. The number of nitrogens with one attached hydrogen (secondary N) is 1. The lowest BCUT2D eigenvalue weighted by atomic mass is 9.97. The first-order valence-corrected chi connectivity index (χ1v) is 10.0. The van der Waals surface area contributed by atoms with Gasteiger partial charge in [0.1, 0.15) is 11.6 Å². The van der Waals surface area contributed by atoms with Crippen molar-refractivity contribution in [3.63, 3.8) is 0 Å². The lowest BCUT2D eigenvalue weighted by molar-refractivity contribution is 0.316. The van der Waals surface area contributed by atoms with Crippen molar-refractivity contribution in [2.24, 2.45) is 0 Å². The monoisotopic (exact) mass is 376 g/mol. The van der Waals surface area contributed by atoms with Crippen LogP contribution in [0.25, 0.3) is 11.3 Å². The van der Waals surface area contributed by atoms with E-state index in [1.54, 1.807) is 12.1 Å². The molecule has 2 saturated heterocycles. The normalized spacial score (nSPS) is 19.3. The highest BCUT2D eigenvalue weighted by Crippen LogP contribution is 2.30. The number of halogens is 2. The molecule has 0 spiro atoms. The van der Waals surface area contributed by atoms with Gasteiger partial charge in [-0.2, -0.15) is 0 Å². The minimum atomic E-state index is -0.387. The number of imidazole rings is 1. The molecule has 0 saturated carbocycles. The Labute approximate surface area is 159 Å². The Bertz CT molecular complexity index is 748. The van der Waals surface area contributed by atoms with E-state index in [0.717, 1.165) is 50.3 Å². The van der Waals surface area contributed by atoms with Gasteiger partial charge in [-0.05, 0) is 70.1 Å². The number of likely N-dealkylation sites (tertiary alicyclic amines) is 1. The van der Waals surface area contributed by atoms with Crippen LogP contribution < -0.4 is 5.32 Å².